The van der Waals surface area contributed by atoms with E-state index in [-0.39, 0.29) is 11.8 Å². The first-order chi connectivity index (χ1) is 18.9. The van der Waals surface area contributed by atoms with Crippen molar-refractivity contribution in [3.63, 3.8) is 0 Å². The summed E-state index contributed by atoms with van der Waals surface area (Å²) in [6, 6.07) is 16.8. The van der Waals surface area contributed by atoms with Gasteiger partial charge in [0.2, 0.25) is 0 Å². The molecule has 2 heterocycles. The molecule has 0 saturated heterocycles. The summed E-state index contributed by atoms with van der Waals surface area (Å²) in [5, 5.41) is 3.08. The standard InChI is InChI=1S/C33H36N4O2/c1-4-11-27-29(36(2)3)34-30(38)32(27)21-25-16-15-23(20-26(25)22-32)12-10-19-37-28(24-13-6-5-7-14-24)35-33(31(37)39)17-8-9-18-33/h4-7,11,13-16,20H,2,8-10,12,17-19,21-22H2,1,3H3/p+1. The largest absolute Gasteiger partial charge is 0.319 e. The van der Waals surface area contributed by atoms with Crippen LogP contribution in [0.3, 0.4) is 0 Å². The molecular formula is C33H37N4O2+. The molecule has 2 aromatic rings. The van der Waals surface area contributed by atoms with Crippen LogP contribution >= 0.6 is 0 Å². The minimum Gasteiger partial charge on any atom is -0.294 e. The maximum absolute atomic E-state index is 13.6. The number of aryl methyl sites for hydroxylation is 1. The number of nitrogens with zero attached hydrogens (tertiary/aromatic N) is 3. The smallest absolute Gasteiger partial charge is 0.294 e. The van der Waals surface area contributed by atoms with Crippen LogP contribution in [-0.4, -0.2) is 53.0 Å². The van der Waals surface area contributed by atoms with Crippen molar-refractivity contribution >= 4 is 24.4 Å². The number of hydrogen-bond acceptors (Lipinski definition) is 3. The third-order valence-corrected chi connectivity index (χ3v) is 8.94. The van der Waals surface area contributed by atoms with E-state index in [0.29, 0.717) is 19.4 Å². The van der Waals surface area contributed by atoms with E-state index < -0.39 is 11.0 Å². The molecule has 6 rings (SSSR count). The zero-order valence-corrected chi connectivity index (χ0v) is 23.0. The van der Waals surface area contributed by atoms with Gasteiger partial charge in [0.05, 0.1) is 19.3 Å². The number of amidine groups is 1. The van der Waals surface area contributed by atoms with E-state index in [4.69, 9.17) is 4.99 Å². The molecule has 2 amide bonds. The topological polar surface area (TPSA) is 64.8 Å². The lowest BCUT2D eigenvalue weighted by Gasteiger charge is -2.22. The minimum absolute atomic E-state index is 0.0555. The molecule has 39 heavy (non-hydrogen) atoms. The van der Waals surface area contributed by atoms with Gasteiger partial charge in [0.15, 0.2) is 0 Å². The third-order valence-electron chi connectivity index (χ3n) is 8.94. The van der Waals surface area contributed by atoms with Crippen LogP contribution < -0.4 is 5.32 Å². The summed E-state index contributed by atoms with van der Waals surface area (Å²) in [5.74, 6) is 1.86. The molecule has 2 aliphatic carbocycles. The number of hydrogen-bond donors (Lipinski definition) is 1. The molecule has 2 aromatic carbocycles. The van der Waals surface area contributed by atoms with Gasteiger partial charge in [-0.2, -0.15) is 0 Å². The third kappa shape index (κ3) is 4.17. The second-order valence-electron chi connectivity index (χ2n) is 11.6. The van der Waals surface area contributed by atoms with Gasteiger partial charge in [-0.25, -0.2) is 14.7 Å². The lowest BCUT2D eigenvalue weighted by molar-refractivity contribution is -0.439. The predicted molar refractivity (Wildman–Crippen MR) is 154 cm³/mol. The van der Waals surface area contributed by atoms with E-state index in [2.05, 4.69) is 48.4 Å². The highest BCUT2D eigenvalue weighted by Crippen LogP contribution is 2.47. The van der Waals surface area contributed by atoms with E-state index in [1.54, 1.807) is 4.58 Å². The lowest BCUT2D eigenvalue weighted by atomic mass is 9.78. The molecule has 1 fully saturated rings. The quantitative estimate of drug-likeness (QED) is 0.429. The summed E-state index contributed by atoms with van der Waals surface area (Å²) in [6.45, 7) is 6.66. The Balaban J connectivity index is 1.18. The summed E-state index contributed by atoms with van der Waals surface area (Å²) < 4.78 is 1.75. The molecule has 0 bridgehead atoms. The number of nitrogens with one attached hydrogen (secondary N) is 1. The number of amides is 2. The van der Waals surface area contributed by atoms with E-state index >= 15 is 0 Å². The zero-order chi connectivity index (χ0) is 27.2. The molecule has 1 saturated carbocycles. The summed E-state index contributed by atoms with van der Waals surface area (Å²) >= 11 is 0. The van der Waals surface area contributed by atoms with E-state index in [0.717, 1.165) is 61.3 Å². The summed E-state index contributed by atoms with van der Waals surface area (Å²) in [4.78, 5) is 33.9. The Morgan fingerprint density at radius 1 is 1.08 bits per heavy atom. The summed E-state index contributed by atoms with van der Waals surface area (Å²) in [5.41, 5.74) is 4.64. The number of fused-ring (bicyclic) bond motifs is 1. The second-order valence-corrected chi connectivity index (χ2v) is 11.6. The van der Waals surface area contributed by atoms with Crippen molar-refractivity contribution in [2.24, 2.45) is 10.4 Å². The van der Waals surface area contributed by atoms with E-state index in [1.807, 2.05) is 43.1 Å². The molecule has 0 radical (unpaired) electrons. The first kappa shape index (κ1) is 25.5. The fraction of sp³-hybridized carbons (Fsp3) is 0.394. The summed E-state index contributed by atoms with van der Waals surface area (Å²) in [6.07, 6.45) is 11.0. The number of benzene rings is 2. The first-order valence-electron chi connectivity index (χ1n) is 14.2. The van der Waals surface area contributed by atoms with Crippen molar-refractivity contribution in [2.75, 3.05) is 13.6 Å². The molecule has 2 spiro atoms. The molecular weight excluding hydrogens is 484 g/mol. The van der Waals surface area contributed by atoms with Crippen molar-refractivity contribution in [1.82, 2.24) is 10.2 Å². The van der Waals surface area contributed by atoms with Crippen LogP contribution in [0.15, 0.2) is 77.1 Å². The number of aliphatic imine (C=N–C) groups is 1. The van der Waals surface area contributed by atoms with Gasteiger partial charge in [-0.3, -0.25) is 14.7 Å². The van der Waals surface area contributed by atoms with Crippen molar-refractivity contribution in [3.8, 4) is 0 Å². The number of rotatable bonds is 7. The van der Waals surface area contributed by atoms with Crippen molar-refractivity contribution < 1.29 is 14.2 Å². The van der Waals surface area contributed by atoms with Crippen LogP contribution in [0.5, 0.6) is 0 Å². The lowest BCUT2D eigenvalue weighted by Crippen LogP contribution is -2.41. The first-order valence-corrected chi connectivity index (χ1v) is 14.2. The number of carbonyl (C=O) groups is 2. The Morgan fingerprint density at radius 3 is 2.54 bits per heavy atom. The van der Waals surface area contributed by atoms with Gasteiger partial charge in [-0.05, 0) is 62.1 Å². The van der Waals surface area contributed by atoms with Gasteiger partial charge in [-0.1, -0.05) is 73.5 Å². The van der Waals surface area contributed by atoms with Crippen LogP contribution in [0.25, 0.3) is 0 Å². The summed E-state index contributed by atoms with van der Waals surface area (Å²) in [7, 11) is 1.87. The highest BCUT2D eigenvalue weighted by molar-refractivity contribution is 6.15. The van der Waals surface area contributed by atoms with Gasteiger partial charge in [0.1, 0.15) is 16.8 Å². The van der Waals surface area contributed by atoms with Gasteiger partial charge in [0, 0.05) is 12.1 Å². The SMILES string of the molecule is C=[N+](C)C1=C(C=CC)C2(Cc3ccc(CCCN4C(=O)C5(CCCC5)N=C4c4ccccc4)cc3C2)C(=O)N1. The van der Waals surface area contributed by atoms with E-state index in [1.165, 1.54) is 16.7 Å². The number of carbonyl (C=O) groups excluding carboxylic acids is 2. The Morgan fingerprint density at radius 2 is 1.82 bits per heavy atom. The maximum atomic E-state index is 13.6. The molecule has 1 N–H and O–H groups in total. The molecule has 200 valence electrons. The van der Waals surface area contributed by atoms with Crippen molar-refractivity contribution in [3.05, 3.63) is 94.3 Å². The fourth-order valence-electron chi connectivity index (χ4n) is 6.99. The average Bonchev–Trinajstić information content (AvgIpc) is 3.68. The molecule has 4 aliphatic rings. The predicted octanol–water partition coefficient (Wildman–Crippen LogP) is 4.57. The maximum Gasteiger partial charge on any atom is 0.319 e. The average molecular weight is 522 g/mol. The Kier molecular flexibility index (Phi) is 6.37. The molecule has 1 unspecified atom stereocenters. The molecule has 2 aliphatic heterocycles. The van der Waals surface area contributed by atoms with Crippen LogP contribution in [0.1, 0.15) is 61.3 Å². The van der Waals surface area contributed by atoms with Crippen molar-refractivity contribution in [1.29, 1.82) is 0 Å². The molecule has 0 aromatic heterocycles. The minimum atomic E-state index is -0.576. The molecule has 1 atom stereocenters. The molecule has 6 nitrogen and oxygen atoms in total. The Bertz CT molecular complexity index is 1450. The van der Waals surface area contributed by atoms with Crippen molar-refractivity contribution in [2.45, 2.75) is 63.8 Å². The van der Waals surface area contributed by atoms with Gasteiger partial charge < -0.3 is 0 Å². The van der Waals surface area contributed by atoms with Crippen LogP contribution in [0.2, 0.25) is 0 Å². The fourth-order valence-corrected chi connectivity index (χ4v) is 6.99. The number of allylic oxidation sites excluding steroid dienone is 2. The Labute approximate surface area is 230 Å². The van der Waals surface area contributed by atoms with Crippen LogP contribution in [0, 0.1) is 5.41 Å². The zero-order valence-electron chi connectivity index (χ0n) is 23.0. The Hall–Kier alpha value is -3.80. The normalized spacial score (nSPS) is 23.4. The highest BCUT2D eigenvalue weighted by Gasteiger charge is 2.56. The monoisotopic (exact) mass is 521 g/mol. The van der Waals surface area contributed by atoms with E-state index in [9.17, 15) is 9.59 Å². The van der Waals surface area contributed by atoms with Crippen LogP contribution in [-0.2, 0) is 28.9 Å². The molecule has 6 heteroatoms. The van der Waals surface area contributed by atoms with Gasteiger partial charge in [-0.15, -0.1) is 0 Å². The van der Waals surface area contributed by atoms with Crippen LogP contribution in [0.4, 0.5) is 0 Å². The second kappa shape index (κ2) is 9.74. The van der Waals surface area contributed by atoms with Gasteiger partial charge in [0.25, 0.3) is 11.7 Å². The van der Waals surface area contributed by atoms with Gasteiger partial charge >= 0.3 is 5.91 Å². The highest BCUT2D eigenvalue weighted by atomic mass is 16.2.